The molecule has 36 heavy (non-hydrogen) atoms. The van der Waals surface area contributed by atoms with E-state index in [0.29, 0.717) is 10.9 Å². The zero-order valence-corrected chi connectivity index (χ0v) is 18.7. The van der Waals surface area contributed by atoms with Gasteiger partial charge in [-0.15, -0.1) is 0 Å². The number of ether oxygens (including phenoxy) is 1. The van der Waals surface area contributed by atoms with Gasteiger partial charge in [-0.25, -0.2) is 9.37 Å². The maximum absolute atomic E-state index is 14.5. The van der Waals surface area contributed by atoms with Gasteiger partial charge in [-0.2, -0.15) is 40.4 Å². The second-order valence-electron chi connectivity index (χ2n) is 7.03. The number of hydrogen-bond donors (Lipinski definition) is 1. The van der Waals surface area contributed by atoms with Gasteiger partial charge in [0.15, 0.2) is 5.75 Å². The number of halogens is 10. The number of benzene rings is 2. The Kier molecular flexibility index (Phi) is 7.13. The fourth-order valence-corrected chi connectivity index (χ4v) is 3.63. The number of nitrogens with one attached hydrogen (secondary N) is 1. The first-order valence-electron chi connectivity index (χ1n) is 9.32. The molecule has 0 aliphatic heterocycles. The number of hydrogen-bond acceptors (Lipinski definition) is 4. The van der Waals surface area contributed by atoms with Crippen LogP contribution >= 0.6 is 15.9 Å². The number of nitrogens with zero attached hydrogens (tertiary/aromatic N) is 2. The minimum absolute atomic E-state index is 0.0443. The summed E-state index contributed by atoms with van der Waals surface area (Å²) < 4.78 is 122. The Balaban J connectivity index is 2.08. The van der Waals surface area contributed by atoms with E-state index in [1.54, 1.807) is 0 Å². The molecule has 3 aromatic rings. The monoisotopic (exact) mass is 585 g/mol. The Morgan fingerprint density at radius 2 is 1.64 bits per heavy atom. The molecule has 0 aliphatic carbocycles. The van der Waals surface area contributed by atoms with Crippen LogP contribution in [0, 0.1) is 11.3 Å². The average molecular weight is 586 g/mol. The van der Waals surface area contributed by atoms with E-state index in [2.05, 4.69) is 25.7 Å². The molecule has 1 aromatic heterocycles. The normalized spacial score (nSPS) is 12.5. The molecule has 0 saturated heterocycles. The van der Waals surface area contributed by atoms with Crippen molar-refractivity contribution in [3.63, 3.8) is 0 Å². The SMILES string of the molecule is N#Cc1ccc2cc(C(=O)Nc3c(Br)cc(C(F)(C(F)(F)F)C(F)(F)F)cc3OC(F)F)ccc2n1. The van der Waals surface area contributed by atoms with E-state index in [9.17, 15) is 44.3 Å². The van der Waals surface area contributed by atoms with Gasteiger partial charge in [0.25, 0.3) is 5.91 Å². The summed E-state index contributed by atoms with van der Waals surface area (Å²) >= 11 is 2.59. The van der Waals surface area contributed by atoms with Gasteiger partial charge in [0.1, 0.15) is 11.8 Å². The number of anilines is 1. The zero-order valence-electron chi connectivity index (χ0n) is 17.1. The molecule has 0 radical (unpaired) electrons. The summed E-state index contributed by atoms with van der Waals surface area (Å²) in [6.45, 7) is -3.75. The van der Waals surface area contributed by atoms with E-state index in [1.807, 2.05) is 11.4 Å². The number of amides is 1. The van der Waals surface area contributed by atoms with Gasteiger partial charge in [0.05, 0.1) is 11.2 Å². The summed E-state index contributed by atoms with van der Waals surface area (Å²) in [5.74, 6) is -2.40. The van der Waals surface area contributed by atoms with Crippen LogP contribution in [0.25, 0.3) is 10.9 Å². The third kappa shape index (κ3) is 5.03. The van der Waals surface area contributed by atoms with Crippen LogP contribution < -0.4 is 10.1 Å². The minimum Gasteiger partial charge on any atom is -0.433 e. The van der Waals surface area contributed by atoms with Crippen molar-refractivity contribution in [2.75, 3.05) is 5.32 Å². The highest BCUT2D eigenvalue weighted by atomic mass is 79.9. The van der Waals surface area contributed by atoms with Gasteiger partial charge in [-0.3, -0.25) is 4.79 Å². The largest absolute Gasteiger partial charge is 0.435 e. The highest BCUT2D eigenvalue weighted by Crippen LogP contribution is 2.55. The van der Waals surface area contributed by atoms with Crippen LogP contribution in [0.3, 0.4) is 0 Å². The Morgan fingerprint density at radius 3 is 2.19 bits per heavy atom. The number of pyridine rings is 1. The summed E-state index contributed by atoms with van der Waals surface area (Å²) in [5.41, 5.74) is -8.55. The lowest BCUT2D eigenvalue weighted by Crippen LogP contribution is -2.50. The highest BCUT2D eigenvalue weighted by molar-refractivity contribution is 9.10. The zero-order chi connectivity index (χ0) is 27.1. The Morgan fingerprint density at radius 1 is 1.00 bits per heavy atom. The predicted molar refractivity (Wildman–Crippen MR) is 110 cm³/mol. The van der Waals surface area contributed by atoms with Crippen LogP contribution in [0.15, 0.2) is 46.9 Å². The first-order chi connectivity index (χ1) is 16.6. The van der Waals surface area contributed by atoms with E-state index < -0.39 is 52.0 Å². The molecule has 190 valence electrons. The van der Waals surface area contributed by atoms with Crippen molar-refractivity contribution in [3.8, 4) is 11.8 Å². The van der Waals surface area contributed by atoms with E-state index in [-0.39, 0.29) is 23.4 Å². The van der Waals surface area contributed by atoms with E-state index in [4.69, 9.17) is 5.26 Å². The van der Waals surface area contributed by atoms with Gasteiger partial charge in [0.2, 0.25) is 0 Å². The van der Waals surface area contributed by atoms with Crippen molar-refractivity contribution in [1.82, 2.24) is 4.98 Å². The van der Waals surface area contributed by atoms with Gasteiger partial charge in [-0.05, 0) is 58.4 Å². The molecular weight excluding hydrogens is 577 g/mol. The number of rotatable bonds is 5. The molecule has 1 amide bonds. The van der Waals surface area contributed by atoms with Gasteiger partial charge >= 0.3 is 24.6 Å². The maximum atomic E-state index is 14.5. The third-order valence-corrected chi connectivity index (χ3v) is 5.38. The number of carbonyl (C=O) groups excluding carboxylic acids is 1. The smallest absolute Gasteiger partial charge is 0.433 e. The average Bonchev–Trinajstić information content (AvgIpc) is 2.77. The molecule has 0 aliphatic rings. The summed E-state index contributed by atoms with van der Waals surface area (Å²) in [6, 6.07) is 8.25. The van der Waals surface area contributed by atoms with Crippen LogP contribution in [0.1, 0.15) is 21.6 Å². The lowest BCUT2D eigenvalue weighted by Gasteiger charge is -2.31. The molecule has 0 spiro atoms. The van der Waals surface area contributed by atoms with E-state index in [0.717, 1.165) is 0 Å². The lowest BCUT2D eigenvalue weighted by atomic mass is 9.93. The van der Waals surface area contributed by atoms with Gasteiger partial charge in [0, 0.05) is 21.0 Å². The quantitative estimate of drug-likeness (QED) is 0.327. The van der Waals surface area contributed by atoms with Crippen LogP contribution in [0.5, 0.6) is 5.75 Å². The number of aromatic nitrogens is 1. The standard InChI is InChI=1S/C21H9BrF9N3O2/c22-13-6-11(19(25,20(26,27)28)21(29,30)31)7-15(36-18(23)24)16(13)34-17(35)10-2-4-14-9(5-10)1-3-12(8-32)33-14/h1-7,18H,(H,34,35). The summed E-state index contributed by atoms with van der Waals surface area (Å²) in [6.07, 6.45) is -13.0. The molecule has 5 nitrogen and oxygen atoms in total. The molecule has 2 aromatic carbocycles. The number of carbonyl (C=O) groups is 1. The van der Waals surface area contributed by atoms with Crippen LogP contribution in [0.2, 0.25) is 0 Å². The molecule has 3 rings (SSSR count). The second kappa shape index (κ2) is 9.49. The minimum atomic E-state index is -6.51. The van der Waals surface area contributed by atoms with Gasteiger partial charge in [-0.1, -0.05) is 0 Å². The topological polar surface area (TPSA) is 75.0 Å². The van der Waals surface area contributed by atoms with Crippen molar-refractivity contribution in [2.24, 2.45) is 0 Å². The summed E-state index contributed by atoms with van der Waals surface area (Å²) in [4.78, 5) is 16.7. The molecule has 0 saturated carbocycles. The Bertz CT molecular complexity index is 1350. The van der Waals surface area contributed by atoms with Crippen LogP contribution in [0.4, 0.5) is 45.2 Å². The fourth-order valence-electron chi connectivity index (χ4n) is 3.09. The highest BCUT2D eigenvalue weighted by Gasteiger charge is 2.73. The van der Waals surface area contributed by atoms with Crippen molar-refractivity contribution >= 4 is 38.4 Å². The van der Waals surface area contributed by atoms with Crippen LogP contribution in [-0.2, 0) is 5.67 Å². The predicted octanol–water partition coefficient (Wildman–Crippen LogP) is 7.01. The molecule has 0 bridgehead atoms. The second-order valence-corrected chi connectivity index (χ2v) is 7.89. The molecule has 0 atom stereocenters. The Hall–Kier alpha value is -3.54. The first kappa shape index (κ1) is 27.1. The molecule has 1 N–H and O–H groups in total. The van der Waals surface area contributed by atoms with Crippen molar-refractivity contribution < 1.29 is 49.0 Å². The Labute approximate surface area is 203 Å². The molecule has 15 heteroatoms. The van der Waals surface area contributed by atoms with Crippen molar-refractivity contribution in [2.45, 2.75) is 24.6 Å². The number of alkyl halides is 9. The van der Waals surface area contributed by atoms with Crippen molar-refractivity contribution in [1.29, 1.82) is 5.26 Å². The summed E-state index contributed by atoms with van der Waals surface area (Å²) in [7, 11) is 0. The molecule has 0 unspecified atom stereocenters. The van der Waals surface area contributed by atoms with E-state index in [1.165, 1.54) is 30.3 Å². The molecular formula is C21H9BrF9N3O2. The molecule has 1 heterocycles. The molecule has 0 fully saturated rings. The van der Waals surface area contributed by atoms with Crippen molar-refractivity contribution in [3.05, 3.63) is 63.8 Å². The summed E-state index contributed by atoms with van der Waals surface area (Å²) in [5, 5.41) is 11.3. The lowest BCUT2D eigenvalue weighted by molar-refractivity contribution is -0.348. The number of nitriles is 1. The van der Waals surface area contributed by atoms with E-state index >= 15 is 0 Å². The third-order valence-electron chi connectivity index (χ3n) is 4.75. The first-order valence-corrected chi connectivity index (χ1v) is 10.1. The fraction of sp³-hybridized carbons (Fsp3) is 0.190. The number of fused-ring (bicyclic) bond motifs is 1. The van der Waals surface area contributed by atoms with Gasteiger partial charge < -0.3 is 10.1 Å². The maximum Gasteiger partial charge on any atom is 0.435 e. The van der Waals surface area contributed by atoms with Crippen LogP contribution in [-0.4, -0.2) is 29.9 Å².